The monoisotopic (exact) mass is 718 g/mol. The number of aliphatic hydroxyl groups is 1. The van der Waals surface area contributed by atoms with Crippen LogP contribution >= 0.6 is 11.6 Å². The molecule has 6 rings (SSSR count). The van der Waals surface area contributed by atoms with Gasteiger partial charge in [-0.3, -0.25) is 9.52 Å². The summed E-state index contributed by atoms with van der Waals surface area (Å²) >= 11 is 6.39. The van der Waals surface area contributed by atoms with Gasteiger partial charge in [-0.05, 0) is 112 Å². The first-order valence-electron chi connectivity index (χ1n) is 17.1. The zero-order valence-corrected chi connectivity index (χ0v) is 29.8. The highest BCUT2D eigenvalue weighted by Gasteiger charge is 2.65. The third kappa shape index (κ3) is 6.35. The zero-order chi connectivity index (χ0) is 35.4. The van der Waals surface area contributed by atoms with Crippen molar-refractivity contribution in [3.63, 3.8) is 0 Å². The second-order valence-electron chi connectivity index (χ2n) is 14.3. The molecule has 7 atom stereocenters. The average molecular weight is 719 g/mol. The van der Waals surface area contributed by atoms with Gasteiger partial charge < -0.3 is 19.5 Å². The lowest BCUT2D eigenvalue weighted by Crippen LogP contribution is -2.62. The third-order valence-electron chi connectivity index (χ3n) is 11.3. The molecule has 1 amide bonds. The molecule has 2 aliphatic heterocycles. The number of alkyl halides is 2. The van der Waals surface area contributed by atoms with Gasteiger partial charge in [-0.2, -0.15) is 8.78 Å². The van der Waals surface area contributed by atoms with E-state index in [0.717, 1.165) is 36.5 Å². The summed E-state index contributed by atoms with van der Waals surface area (Å²) in [5.74, 6) is -3.96. The summed E-state index contributed by atoms with van der Waals surface area (Å²) in [6.45, 7) is 5.69. The summed E-state index contributed by atoms with van der Waals surface area (Å²) in [6, 6.07) is 10.9. The number of nitrogens with zero attached hydrogens (tertiary/aromatic N) is 1. The van der Waals surface area contributed by atoms with E-state index in [4.69, 9.17) is 21.1 Å². The van der Waals surface area contributed by atoms with Crippen LogP contribution < -0.4 is 14.4 Å². The smallest absolute Gasteiger partial charge is 0.380 e. The molecule has 12 heteroatoms. The predicted octanol–water partition coefficient (Wildman–Crippen LogP) is 6.11. The molecule has 2 bridgehead atoms. The van der Waals surface area contributed by atoms with Crippen LogP contribution in [0.3, 0.4) is 0 Å². The van der Waals surface area contributed by atoms with E-state index in [2.05, 4.69) is 15.5 Å². The maximum Gasteiger partial charge on any atom is 0.380 e. The van der Waals surface area contributed by atoms with Crippen LogP contribution in [0.2, 0.25) is 5.02 Å². The number of esters is 1. The Balaban J connectivity index is 1.48. The Morgan fingerprint density at radius 1 is 1.24 bits per heavy atom. The standard InChI is InChI=1S/C37H45ClF2N2O6S/c1-5-47-34(44)37(39,40)36(45)17-6-8-23(2)24(3)49(4,46)41-33(43)26-11-15-32-31(19-26)42(20-27-10-13-30(27)36)21-35(22-48-32)16-7-9-25-18-28(38)12-14-29(25)35/h6,11-12,14-15,17-19,23-24,27,30,45H,4-5,7-10,13,16,20-22H2,1-3H3,(H,41,43,46)/b17-6+/t23-,24+,27-,30+,35-,36+,49?/m0/s1. The zero-order valence-electron chi connectivity index (χ0n) is 28.2. The third-order valence-corrected chi connectivity index (χ3v) is 13.8. The van der Waals surface area contributed by atoms with Crippen LogP contribution in [0.1, 0.15) is 74.4 Å². The van der Waals surface area contributed by atoms with Gasteiger partial charge in [0.1, 0.15) is 5.75 Å². The van der Waals surface area contributed by atoms with E-state index in [-0.39, 0.29) is 37.5 Å². The Morgan fingerprint density at radius 2 is 2.02 bits per heavy atom. The lowest BCUT2D eigenvalue weighted by molar-refractivity contribution is -0.225. The van der Waals surface area contributed by atoms with Gasteiger partial charge in [-0.25, -0.2) is 9.00 Å². The van der Waals surface area contributed by atoms with Crippen molar-refractivity contribution in [2.75, 3.05) is 31.2 Å². The Morgan fingerprint density at radius 3 is 2.73 bits per heavy atom. The van der Waals surface area contributed by atoms with Crippen molar-refractivity contribution in [1.82, 2.24) is 4.72 Å². The first-order valence-corrected chi connectivity index (χ1v) is 19.2. The molecule has 2 aliphatic carbocycles. The van der Waals surface area contributed by atoms with Gasteiger partial charge in [0.15, 0.2) is 5.60 Å². The summed E-state index contributed by atoms with van der Waals surface area (Å²) in [7, 11) is -3.20. The van der Waals surface area contributed by atoms with Gasteiger partial charge in [-0.15, -0.1) is 0 Å². The van der Waals surface area contributed by atoms with Gasteiger partial charge in [0, 0.05) is 40.3 Å². The van der Waals surface area contributed by atoms with Crippen molar-refractivity contribution >= 4 is 44.7 Å². The number of anilines is 1. The fraction of sp³-hybridized carbons (Fsp3) is 0.541. The summed E-state index contributed by atoms with van der Waals surface area (Å²) in [4.78, 5) is 28.4. The summed E-state index contributed by atoms with van der Waals surface area (Å²) in [5.41, 5.74) is -0.209. The molecule has 2 N–H and O–H groups in total. The number of amides is 1. The number of allylic oxidation sites excluding steroid dienone is 1. The second kappa shape index (κ2) is 13.2. The lowest BCUT2D eigenvalue weighted by atomic mass is 9.62. The maximum atomic E-state index is 16.1. The number of fused-ring (bicyclic) bond motifs is 4. The maximum absolute atomic E-state index is 16.1. The molecule has 8 nitrogen and oxygen atoms in total. The minimum atomic E-state index is -4.23. The summed E-state index contributed by atoms with van der Waals surface area (Å²) in [5, 5.41) is 12.0. The molecule has 4 aliphatic rings. The van der Waals surface area contributed by atoms with Crippen LogP contribution in [-0.2, 0) is 31.1 Å². The van der Waals surface area contributed by atoms with Gasteiger partial charge >= 0.3 is 11.9 Å². The lowest BCUT2D eigenvalue weighted by Gasteiger charge is -2.50. The number of carbonyl (C=O) groups excluding carboxylic acids is 2. The molecular weight excluding hydrogens is 674 g/mol. The molecule has 49 heavy (non-hydrogen) atoms. The van der Waals surface area contributed by atoms with Gasteiger partial charge in [0.05, 0.1) is 28.6 Å². The van der Waals surface area contributed by atoms with E-state index in [1.54, 1.807) is 32.0 Å². The van der Waals surface area contributed by atoms with Crippen molar-refractivity contribution in [2.45, 2.75) is 81.5 Å². The van der Waals surface area contributed by atoms with E-state index in [1.807, 2.05) is 18.2 Å². The molecule has 0 radical (unpaired) electrons. The highest BCUT2D eigenvalue weighted by atomic mass is 35.5. The topological polar surface area (TPSA) is 105 Å². The highest BCUT2D eigenvalue weighted by molar-refractivity contribution is 7.99. The summed E-state index contributed by atoms with van der Waals surface area (Å²) in [6.07, 6.45) is 5.99. The molecule has 1 unspecified atom stereocenters. The van der Waals surface area contributed by atoms with Crippen molar-refractivity contribution < 1.29 is 37.2 Å². The number of nitrogens with one attached hydrogen (secondary N) is 1. The van der Waals surface area contributed by atoms with Crippen LogP contribution in [-0.4, -0.2) is 70.1 Å². The number of carbonyl (C=O) groups is 2. The molecular formula is C37H45ClF2N2O6S. The van der Waals surface area contributed by atoms with Gasteiger partial charge in [0.2, 0.25) is 0 Å². The van der Waals surface area contributed by atoms with E-state index < -0.39 is 55.6 Å². The molecule has 1 fully saturated rings. The summed E-state index contributed by atoms with van der Waals surface area (Å²) < 4.78 is 59.9. The molecule has 0 aromatic heterocycles. The Labute approximate surface area is 292 Å². The molecule has 1 saturated carbocycles. The quantitative estimate of drug-likeness (QED) is 0.224. The van der Waals surface area contributed by atoms with Crippen LogP contribution in [0.4, 0.5) is 14.5 Å². The molecule has 1 spiro atoms. The number of hydrogen-bond acceptors (Lipinski definition) is 7. The number of ether oxygens (including phenoxy) is 2. The van der Waals surface area contributed by atoms with E-state index >= 15 is 8.78 Å². The number of hydrogen-bond donors (Lipinski definition) is 2. The largest absolute Gasteiger partial charge is 0.490 e. The molecule has 2 aromatic rings. The average Bonchev–Trinajstić information content (AvgIpc) is 3.18. The van der Waals surface area contributed by atoms with Crippen LogP contribution in [0.25, 0.3) is 0 Å². The molecule has 266 valence electrons. The van der Waals surface area contributed by atoms with E-state index in [1.165, 1.54) is 13.0 Å². The Hall–Kier alpha value is -3.15. The van der Waals surface area contributed by atoms with Crippen LogP contribution in [0, 0.1) is 17.8 Å². The van der Waals surface area contributed by atoms with Crippen LogP contribution in [0.5, 0.6) is 5.75 Å². The second-order valence-corrected chi connectivity index (χ2v) is 17.2. The van der Waals surface area contributed by atoms with Crippen LogP contribution in [0.15, 0.2) is 48.6 Å². The van der Waals surface area contributed by atoms with E-state index in [0.29, 0.717) is 36.0 Å². The highest BCUT2D eigenvalue weighted by Crippen LogP contribution is 2.52. The fourth-order valence-electron chi connectivity index (χ4n) is 8.09. The van der Waals surface area contributed by atoms with Gasteiger partial charge in [0.25, 0.3) is 5.91 Å². The predicted molar refractivity (Wildman–Crippen MR) is 188 cm³/mol. The van der Waals surface area contributed by atoms with Crippen molar-refractivity contribution in [3.8, 4) is 5.75 Å². The first-order chi connectivity index (χ1) is 23.1. The Kier molecular flexibility index (Phi) is 9.60. The Bertz CT molecular complexity index is 1770. The number of rotatable bonds is 3. The number of aryl methyl sites for hydroxylation is 1. The molecule has 2 heterocycles. The molecule has 2 aromatic carbocycles. The van der Waals surface area contributed by atoms with Crippen molar-refractivity contribution in [2.24, 2.45) is 17.8 Å². The SMILES string of the molecule is C=S1(=O)NC(=O)c2ccc3c(c2)N(C[C@@H]2CC[C@H]2[C@@](O)(C(F)(F)C(=O)OCC)/C=C/C[C@H](C)[C@H]1C)C[C@@]1(CCCc2cc(Cl)ccc21)CO3. The first kappa shape index (κ1) is 35.7. The van der Waals surface area contributed by atoms with Crippen molar-refractivity contribution in [3.05, 3.63) is 70.3 Å². The van der Waals surface area contributed by atoms with Crippen molar-refractivity contribution in [1.29, 1.82) is 0 Å². The minimum Gasteiger partial charge on any atom is -0.490 e. The normalized spacial score (nSPS) is 33.9. The number of benzene rings is 2. The fourth-order valence-corrected chi connectivity index (χ4v) is 9.76. The molecule has 0 saturated heterocycles. The minimum absolute atomic E-state index is 0.149. The van der Waals surface area contributed by atoms with Gasteiger partial charge in [-0.1, -0.05) is 36.7 Å². The van der Waals surface area contributed by atoms with E-state index in [9.17, 15) is 18.9 Å². The number of halogens is 3.